The average molecular weight is 341 g/mol. The molecule has 0 fully saturated rings. The molecule has 1 aromatic heterocycles. The van der Waals surface area contributed by atoms with E-state index in [0.717, 1.165) is 18.2 Å². The number of rotatable bonds is 4. The van der Waals surface area contributed by atoms with Crippen LogP contribution in [0.25, 0.3) is 0 Å². The molecule has 23 heavy (non-hydrogen) atoms. The number of ether oxygens (including phenoxy) is 1. The Morgan fingerprint density at radius 3 is 2.65 bits per heavy atom. The second-order valence-corrected chi connectivity index (χ2v) is 4.92. The largest absolute Gasteiger partial charge is 0.449 e. The Morgan fingerprint density at radius 2 is 2.00 bits per heavy atom. The standard InChI is InChI=1S/C15H11ClF2N2O3/c1-8(23-15(22)9-2-5-13(16)19-7-9)14(21)20-12-6-10(17)3-4-11(12)18/h2-8H,1H3,(H,20,21). The number of carbonyl (C=O) groups is 2. The molecule has 8 heteroatoms. The first-order valence-corrected chi connectivity index (χ1v) is 6.83. The molecule has 120 valence electrons. The van der Waals surface area contributed by atoms with E-state index in [4.69, 9.17) is 16.3 Å². The smallest absolute Gasteiger partial charge is 0.340 e. The fourth-order valence-electron chi connectivity index (χ4n) is 1.61. The van der Waals surface area contributed by atoms with Crippen LogP contribution in [0.1, 0.15) is 17.3 Å². The predicted octanol–water partition coefficient (Wildman–Crippen LogP) is 3.20. The zero-order chi connectivity index (χ0) is 17.0. The van der Waals surface area contributed by atoms with Crippen LogP contribution in [0.15, 0.2) is 36.5 Å². The highest BCUT2D eigenvalue weighted by Crippen LogP contribution is 2.16. The summed E-state index contributed by atoms with van der Waals surface area (Å²) in [6.07, 6.45) is -0.0255. The van der Waals surface area contributed by atoms with Crippen molar-refractivity contribution in [3.63, 3.8) is 0 Å². The number of benzene rings is 1. The fourth-order valence-corrected chi connectivity index (χ4v) is 1.72. The first-order chi connectivity index (χ1) is 10.9. The maximum atomic E-state index is 13.4. The molecule has 1 heterocycles. The van der Waals surface area contributed by atoms with E-state index in [2.05, 4.69) is 10.3 Å². The van der Waals surface area contributed by atoms with Crippen molar-refractivity contribution in [3.05, 3.63) is 58.9 Å². The summed E-state index contributed by atoms with van der Waals surface area (Å²) in [6, 6.07) is 5.40. The van der Waals surface area contributed by atoms with Crippen molar-refractivity contribution in [2.75, 3.05) is 5.32 Å². The van der Waals surface area contributed by atoms with E-state index in [1.54, 1.807) is 0 Å². The summed E-state index contributed by atoms with van der Waals surface area (Å²) in [5.41, 5.74) is -0.239. The van der Waals surface area contributed by atoms with Gasteiger partial charge in [-0.1, -0.05) is 11.6 Å². The van der Waals surface area contributed by atoms with Crippen molar-refractivity contribution in [2.45, 2.75) is 13.0 Å². The SMILES string of the molecule is CC(OC(=O)c1ccc(Cl)nc1)C(=O)Nc1cc(F)ccc1F. The number of hydrogen-bond donors (Lipinski definition) is 1. The van der Waals surface area contributed by atoms with Crippen molar-refractivity contribution in [3.8, 4) is 0 Å². The summed E-state index contributed by atoms with van der Waals surface area (Å²) >= 11 is 5.60. The third-order valence-corrected chi connectivity index (χ3v) is 3.03. The summed E-state index contributed by atoms with van der Waals surface area (Å²) in [6.45, 7) is 1.30. The molecule has 1 aromatic carbocycles. The van der Waals surface area contributed by atoms with E-state index in [0.29, 0.717) is 0 Å². The highest BCUT2D eigenvalue weighted by atomic mass is 35.5. The number of esters is 1. The van der Waals surface area contributed by atoms with E-state index in [-0.39, 0.29) is 16.4 Å². The average Bonchev–Trinajstić information content (AvgIpc) is 2.51. The minimum Gasteiger partial charge on any atom is -0.449 e. The molecule has 0 bridgehead atoms. The third kappa shape index (κ3) is 4.46. The van der Waals surface area contributed by atoms with Crippen LogP contribution < -0.4 is 5.32 Å². The lowest BCUT2D eigenvalue weighted by molar-refractivity contribution is -0.123. The van der Waals surface area contributed by atoms with Gasteiger partial charge in [0, 0.05) is 12.3 Å². The lowest BCUT2D eigenvalue weighted by Gasteiger charge is -2.14. The van der Waals surface area contributed by atoms with Gasteiger partial charge < -0.3 is 10.1 Å². The van der Waals surface area contributed by atoms with Gasteiger partial charge in [0.05, 0.1) is 11.3 Å². The first kappa shape index (κ1) is 16.8. The molecule has 2 aromatic rings. The second kappa shape index (κ2) is 7.15. The van der Waals surface area contributed by atoms with Gasteiger partial charge in [-0.3, -0.25) is 4.79 Å². The van der Waals surface area contributed by atoms with Gasteiger partial charge in [0.1, 0.15) is 16.8 Å². The lowest BCUT2D eigenvalue weighted by atomic mass is 10.2. The van der Waals surface area contributed by atoms with Gasteiger partial charge >= 0.3 is 5.97 Å². The number of anilines is 1. The molecular weight excluding hydrogens is 330 g/mol. The zero-order valence-corrected chi connectivity index (χ0v) is 12.6. The van der Waals surface area contributed by atoms with Crippen molar-refractivity contribution in [1.82, 2.24) is 4.98 Å². The molecule has 1 amide bonds. The summed E-state index contributed by atoms with van der Waals surface area (Å²) < 4.78 is 31.4. The molecule has 0 spiro atoms. The minimum atomic E-state index is -1.22. The number of nitrogens with zero attached hydrogens (tertiary/aromatic N) is 1. The summed E-state index contributed by atoms with van der Waals surface area (Å²) in [4.78, 5) is 27.4. The van der Waals surface area contributed by atoms with E-state index in [1.807, 2.05) is 0 Å². The van der Waals surface area contributed by atoms with Crippen LogP contribution in [0.3, 0.4) is 0 Å². The monoisotopic (exact) mass is 340 g/mol. The number of carbonyl (C=O) groups excluding carboxylic acids is 2. The number of pyridine rings is 1. The molecule has 0 aliphatic heterocycles. The van der Waals surface area contributed by atoms with Gasteiger partial charge in [0.15, 0.2) is 6.10 Å². The highest BCUT2D eigenvalue weighted by Gasteiger charge is 2.20. The van der Waals surface area contributed by atoms with Crippen molar-refractivity contribution in [2.24, 2.45) is 0 Å². The molecule has 0 aliphatic rings. The molecule has 0 saturated heterocycles. The van der Waals surface area contributed by atoms with Crippen LogP contribution in [0.2, 0.25) is 5.15 Å². The Morgan fingerprint density at radius 1 is 1.26 bits per heavy atom. The van der Waals surface area contributed by atoms with E-state index < -0.39 is 29.6 Å². The quantitative estimate of drug-likeness (QED) is 0.685. The van der Waals surface area contributed by atoms with E-state index in [9.17, 15) is 18.4 Å². The Balaban J connectivity index is 2.01. The fraction of sp³-hybridized carbons (Fsp3) is 0.133. The number of halogens is 3. The first-order valence-electron chi connectivity index (χ1n) is 6.45. The number of hydrogen-bond acceptors (Lipinski definition) is 4. The predicted molar refractivity (Wildman–Crippen MR) is 79.1 cm³/mol. The van der Waals surface area contributed by atoms with Gasteiger partial charge in [-0.05, 0) is 31.2 Å². The number of aromatic nitrogens is 1. The van der Waals surface area contributed by atoms with Crippen LogP contribution in [0.4, 0.5) is 14.5 Å². The summed E-state index contributed by atoms with van der Waals surface area (Å²) in [5, 5.41) is 2.35. The van der Waals surface area contributed by atoms with Crippen LogP contribution in [0.5, 0.6) is 0 Å². The van der Waals surface area contributed by atoms with Gasteiger partial charge in [-0.25, -0.2) is 18.6 Å². The van der Waals surface area contributed by atoms with Gasteiger partial charge in [-0.2, -0.15) is 0 Å². The normalized spacial score (nSPS) is 11.7. The molecule has 1 N–H and O–H groups in total. The summed E-state index contributed by atoms with van der Waals surface area (Å²) in [5.74, 6) is -3.11. The van der Waals surface area contributed by atoms with Crippen LogP contribution in [0, 0.1) is 11.6 Å². The molecule has 0 saturated carbocycles. The molecular formula is C15H11ClF2N2O3. The number of nitrogens with one attached hydrogen (secondary N) is 1. The Labute approximate surface area is 135 Å². The van der Waals surface area contributed by atoms with Crippen molar-refractivity contribution in [1.29, 1.82) is 0 Å². The Hall–Kier alpha value is -2.54. The molecule has 1 atom stereocenters. The van der Waals surface area contributed by atoms with Crippen molar-refractivity contribution >= 4 is 29.2 Å². The van der Waals surface area contributed by atoms with Crippen molar-refractivity contribution < 1.29 is 23.1 Å². The minimum absolute atomic E-state index is 0.103. The third-order valence-electron chi connectivity index (χ3n) is 2.80. The zero-order valence-electron chi connectivity index (χ0n) is 11.8. The molecule has 1 unspecified atom stereocenters. The maximum Gasteiger partial charge on any atom is 0.340 e. The van der Waals surface area contributed by atoms with E-state index in [1.165, 1.54) is 25.3 Å². The van der Waals surface area contributed by atoms with Gasteiger partial charge in [0.2, 0.25) is 0 Å². The van der Waals surface area contributed by atoms with Crippen LogP contribution in [-0.4, -0.2) is 23.0 Å². The topological polar surface area (TPSA) is 68.3 Å². The van der Waals surface area contributed by atoms with Crippen LogP contribution >= 0.6 is 11.6 Å². The molecule has 0 aliphatic carbocycles. The molecule has 0 radical (unpaired) electrons. The highest BCUT2D eigenvalue weighted by molar-refractivity contribution is 6.29. The van der Waals surface area contributed by atoms with E-state index >= 15 is 0 Å². The van der Waals surface area contributed by atoms with Crippen LogP contribution in [-0.2, 0) is 9.53 Å². The Bertz CT molecular complexity index is 738. The summed E-state index contributed by atoms with van der Waals surface area (Å²) in [7, 11) is 0. The maximum absolute atomic E-state index is 13.4. The number of amides is 1. The molecule has 5 nitrogen and oxygen atoms in total. The Kier molecular flexibility index (Phi) is 5.23. The van der Waals surface area contributed by atoms with Gasteiger partial charge in [0.25, 0.3) is 5.91 Å². The second-order valence-electron chi connectivity index (χ2n) is 4.53. The van der Waals surface area contributed by atoms with Gasteiger partial charge in [-0.15, -0.1) is 0 Å². The molecule has 2 rings (SSSR count). The lowest BCUT2D eigenvalue weighted by Crippen LogP contribution is -2.30.